The maximum Gasteiger partial charge on any atom is 0.362 e. The zero-order valence-corrected chi connectivity index (χ0v) is 23.7. The summed E-state index contributed by atoms with van der Waals surface area (Å²) in [5.41, 5.74) is -1.94. The van der Waals surface area contributed by atoms with Gasteiger partial charge in [0.15, 0.2) is 5.34 Å². The van der Waals surface area contributed by atoms with Crippen molar-refractivity contribution < 1.29 is 33.7 Å². The van der Waals surface area contributed by atoms with Crippen LogP contribution >= 0.6 is 7.60 Å². The van der Waals surface area contributed by atoms with E-state index in [4.69, 9.17) is 14.0 Å². The van der Waals surface area contributed by atoms with E-state index in [1.807, 2.05) is 13.8 Å². The summed E-state index contributed by atoms with van der Waals surface area (Å²) >= 11 is 0. The predicted molar refractivity (Wildman–Crippen MR) is 138 cm³/mol. The average Bonchev–Trinajstić information content (AvgIpc) is 3.50. The van der Waals surface area contributed by atoms with E-state index in [0.717, 1.165) is 5.69 Å². The summed E-state index contributed by atoms with van der Waals surface area (Å²) in [6.07, 6.45) is -1.32. The highest BCUT2D eigenvalue weighted by molar-refractivity contribution is 7.54. The van der Waals surface area contributed by atoms with Crippen molar-refractivity contribution in [3.8, 4) is 0 Å². The minimum absolute atomic E-state index is 0.0203. The zero-order valence-electron chi connectivity index (χ0n) is 22.8. The predicted octanol–water partition coefficient (Wildman–Crippen LogP) is 1.21. The Morgan fingerprint density at radius 1 is 1.23 bits per heavy atom. The molecule has 2 aliphatic heterocycles. The Morgan fingerprint density at radius 2 is 1.90 bits per heavy atom. The second-order valence-corrected chi connectivity index (χ2v) is 12.7. The smallest absolute Gasteiger partial charge is 0.362 e. The molecular formula is C24H38N5O9P. The molecule has 2 aromatic heterocycles. The van der Waals surface area contributed by atoms with E-state index in [0.29, 0.717) is 19.3 Å². The van der Waals surface area contributed by atoms with Crippen LogP contribution in [-0.4, -0.2) is 75.5 Å². The minimum Gasteiger partial charge on any atom is -0.388 e. The molecule has 14 nitrogen and oxygen atoms in total. The number of rotatable bonds is 12. The van der Waals surface area contributed by atoms with Crippen molar-refractivity contribution in [1.29, 1.82) is 0 Å². The summed E-state index contributed by atoms with van der Waals surface area (Å²) in [4.78, 5) is 38.2. The second kappa shape index (κ2) is 11.0. The van der Waals surface area contributed by atoms with Crippen LogP contribution in [0.1, 0.15) is 83.6 Å². The van der Waals surface area contributed by atoms with Crippen LogP contribution in [0.15, 0.2) is 22.0 Å². The molecule has 2 fully saturated rings. The van der Waals surface area contributed by atoms with Crippen LogP contribution in [0.5, 0.6) is 0 Å². The van der Waals surface area contributed by atoms with Crippen LogP contribution in [0.2, 0.25) is 0 Å². The molecule has 15 heteroatoms. The molecule has 4 rings (SSSR count). The maximum absolute atomic E-state index is 13.1. The molecule has 0 spiro atoms. The van der Waals surface area contributed by atoms with Gasteiger partial charge in [-0.15, -0.1) is 5.10 Å². The number of nitrogens with one attached hydrogen (secondary N) is 1. The lowest BCUT2D eigenvalue weighted by atomic mass is 9.88. The summed E-state index contributed by atoms with van der Waals surface area (Å²) in [5, 5.41) is 28.6. The van der Waals surface area contributed by atoms with Crippen molar-refractivity contribution in [2.45, 2.75) is 108 Å². The van der Waals surface area contributed by atoms with E-state index < -0.39 is 54.2 Å². The highest BCUT2D eigenvalue weighted by Crippen LogP contribution is 2.67. The number of hydrogen-bond acceptors (Lipinski definition) is 10. The third-order valence-corrected chi connectivity index (χ3v) is 10.1. The van der Waals surface area contributed by atoms with E-state index in [9.17, 15) is 29.3 Å². The van der Waals surface area contributed by atoms with E-state index in [-0.39, 0.29) is 31.2 Å². The maximum atomic E-state index is 13.1. The minimum atomic E-state index is -4.19. The number of aliphatic hydroxyl groups is 2. The van der Waals surface area contributed by atoms with Crippen molar-refractivity contribution in [1.82, 2.24) is 24.5 Å². The summed E-state index contributed by atoms with van der Waals surface area (Å²) in [6, 6.07) is 0. The molecule has 4 heterocycles. The van der Waals surface area contributed by atoms with Gasteiger partial charge in [-0.1, -0.05) is 39.8 Å². The number of aromatic amines is 1. The van der Waals surface area contributed by atoms with Crippen LogP contribution in [0, 0.1) is 0 Å². The van der Waals surface area contributed by atoms with Crippen molar-refractivity contribution >= 4 is 7.60 Å². The normalized spacial score (nSPS) is 28.6. The average molecular weight is 572 g/mol. The van der Waals surface area contributed by atoms with Gasteiger partial charge >= 0.3 is 13.3 Å². The van der Waals surface area contributed by atoms with Crippen molar-refractivity contribution in [3.05, 3.63) is 44.5 Å². The molecule has 2 saturated heterocycles. The van der Waals surface area contributed by atoms with E-state index >= 15 is 0 Å². The topological polar surface area (TPSA) is 194 Å². The molecule has 0 amide bonds. The molecule has 0 radical (unpaired) electrons. The van der Waals surface area contributed by atoms with Crippen LogP contribution < -0.4 is 11.2 Å². The van der Waals surface area contributed by atoms with Gasteiger partial charge in [0.25, 0.3) is 5.56 Å². The monoisotopic (exact) mass is 571 g/mol. The van der Waals surface area contributed by atoms with Crippen molar-refractivity contribution in [2.24, 2.45) is 0 Å². The number of nitrogens with zero attached hydrogens (tertiary/aromatic N) is 4. The van der Waals surface area contributed by atoms with Crippen LogP contribution in [-0.2, 0) is 25.2 Å². The number of epoxide rings is 1. The number of H-pyrrole nitrogens is 1. The molecule has 4 N–H and O–H groups in total. The second-order valence-electron chi connectivity index (χ2n) is 10.7. The SMILES string of the molecule is CCC(CC)(CC1OC(c2cn(Cn3cc(C(C)C)nn3)c(=O)[nH]c2=O)C(O)C1O)OP(=O)(O)C1(CC)CO1. The molecule has 218 valence electrons. The van der Waals surface area contributed by atoms with E-state index in [1.54, 1.807) is 27.0 Å². The summed E-state index contributed by atoms with van der Waals surface area (Å²) in [5.74, 6) is 0.133. The molecule has 39 heavy (non-hydrogen) atoms. The fraction of sp³-hybridized carbons (Fsp3) is 0.750. The number of hydrogen-bond donors (Lipinski definition) is 4. The van der Waals surface area contributed by atoms with Crippen molar-refractivity contribution in [2.75, 3.05) is 6.61 Å². The van der Waals surface area contributed by atoms with Gasteiger partial charge in [-0.2, -0.15) is 0 Å². The zero-order chi connectivity index (χ0) is 28.8. The van der Waals surface area contributed by atoms with Crippen LogP contribution in [0.3, 0.4) is 0 Å². The van der Waals surface area contributed by atoms with E-state index in [2.05, 4.69) is 15.3 Å². The molecule has 6 atom stereocenters. The molecular weight excluding hydrogens is 533 g/mol. The number of ether oxygens (including phenoxy) is 2. The summed E-state index contributed by atoms with van der Waals surface area (Å²) in [7, 11) is -4.19. The van der Waals surface area contributed by atoms with Gasteiger partial charge in [0.1, 0.15) is 25.0 Å². The molecule has 2 aliphatic rings. The first-order valence-electron chi connectivity index (χ1n) is 13.2. The van der Waals surface area contributed by atoms with Crippen LogP contribution in [0.4, 0.5) is 0 Å². The molecule has 0 aliphatic carbocycles. The fourth-order valence-corrected chi connectivity index (χ4v) is 6.69. The van der Waals surface area contributed by atoms with Gasteiger partial charge < -0.3 is 24.6 Å². The Bertz CT molecular complexity index is 1330. The largest absolute Gasteiger partial charge is 0.388 e. The summed E-state index contributed by atoms with van der Waals surface area (Å²) < 4.78 is 32.9. The molecule has 0 aromatic carbocycles. The lowest BCUT2D eigenvalue weighted by molar-refractivity contribution is -0.0571. The first kappa shape index (κ1) is 29.8. The van der Waals surface area contributed by atoms with Gasteiger partial charge in [-0.05, 0) is 25.2 Å². The summed E-state index contributed by atoms with van der Waals surface area (Å²) in [6.45, 7) is 9.31. The lowest BCUT2D eigenvalue weighted by Crippen LogP contribution is -2.40. The van der Waals surface area contributed by atoms with Gasteiger partial charge in [0, 0.05) is 12.6 Å². The molecule has 2 aromatic rings. The molecule has 6 unspecified atom stereocenters. The first-order valence-corrected chi connectivity index (χ1v) is 14.8. The Hall–Kier alpha value is -2.19. The van der Waals surface area contributed by atoms with Crippen molar-refractivity contribution in [3.63, 3.8) is 0 Å². The quantitative estimate of drug-likeness (QED) is 0.211. The Balaban J connectivity index is 1.57. The highest BCUT2D eigenvalue weighted by Gasteiger charge is 2.62. The van der Waals surface area contributed by atoms with Gasteiger partial charge in [-0.3, -0.25) is 23.4 Å². The Kier molecular flexibility index (Phi) is 8.40. The Labute approximate surface area is 225 Å². The molecule has 0 bridgehead atoms. The van der Waals surface area contributed by atoms with Gasteiger partial charge in [0.05, 0.1) is 35.8 Å². The van der Waals surface area contributed by atoms with Crippen LogP contribution in [0.25, 0.3) is 0 Å². The highest BCUT2D eigenvalue weighted by atomic mass is 31.2. The first-order chi connectivity index (χ1) is 18.3. The van der Waals surface area contributed by atoms with E-state index in [1.165, 1.54) is 15.4 Å². The molecule has 0 saturated carbocycles. The number of aromatic nitrogens is 5. The Morgan fingerprint density at radius 3 is 2.44 bits per heavy atom. The van der Waals surface area contributed by atoms with Gasteiger partial charge in [-0.25, -0.2) is 9.48 Å². The lowest BCUT2D eigenvalue weighted by Gasteiger charge is -2.37. The number of aliphatic hydroxyl groups excluding tert-OH is 2. The third kappa shape index (κ3) is 5.69. The standard InChI is InChI=1S/C24H38N5O9P/c1-6-23(7-2,38-39(34,35)24(8-3)12-36-24)9-17-18(30)19(31)20(37-17)15-10-28(22(33)25-21(15)32)13-29-11-16(14(4)5)26-27-29/h10-11,14,17-20,30-31H,6-9,12-13H2,1-5H3,(H,34,35)(H,25,32,33). The fourth-order valence-electron chi connectivity index (χ4n) is 4.88. The third-order valence-electron chi connectivity index (χ3n) is 7.88. The van der Waals surface area contributed by atoms with Gasteiger partial charge in [0.2, 0.25) is 0 Å².